The van der Waals surface area contributed by atoms with E-state index in [9.17, 15) is 0 Å². The highest BCUT2D eigenvalue weighted by Crippen LogP contribution is 2.16. The standard InChI is InChI=1S/C12H14N2/c13-8-11-7-12(14-9-11)6-10-4-2-1-3-5-10/h1-5,11-12,14H,6-7,9H2. The van der Waals surface area contributed by atoms with Crippen LogP contribution in [0.15, 0.2) is 30.3 Å². The van der Waals surface area contributed by atoms with Crippen molar-refractivity contribution in [3.8, 4) is 6.07 Å². The monoisotopic (exact) mass is 186 g/mol. The third-order valence-corrected chi connectivity index (χ3v) is 2.73. The molecule has 1 aromatic carbocycles. The summed E-state index contributed by atoms with van der Waals surface area (Å²) in [6.07, 6.45) is 2.03. The topological polar surface area (TPSA) is 35.8 Å². The number of nitriles is 1. The summed E-state index contributed by atoms with van der Waals surface area (Å²) in [6.45, 7) is 0.855. The van der Waals surface area contributed by atoms with Gasteiger partial charge in [0.05, 0.1) is 12.0 Å². The summed E-state index contributed by atoms with van der Waals surface area (Å²) in [7, 11) is 0. The Morgan fingerprint density at radius 2 is 2.14 bits per heavy atom. The van der Waals surface area contributed by atoms with E-state index in [-0.39, 0.29) is 5.92 Å². The van der Waals surface area contributed by atoms with Crippen LogP contribution >= 0.6 is 0 Å². The largest absolute Gasteiger partial charge is 0.312 e. The van der Waals surface area contributed by atoms with E-state index in [0.29, 0.717) is 6.04 Å². The van der Waals surface area contributed by atoms with Crippen LogP contribution in [0.1, 0.15) is 12.0 Å². The van der Waals surface area contributed by atoms with Gasteiger partial charge in [0, 0.05) is 12.6 Å². The van der Waals surface area contributed by atoms with Crippen molar-refractivity contribution in [2.45, 2.75) is 18.9 Å². The molecule has 0 saturated carbocycles. The first kappa shape index (κ1) is 9.23. The smallest absolute Gasteiger partial charge is 0.0669 e. The van der Waals surface area contributed by atoms with Gasteiger partial charge in [0.15, 0.2) is 0 Å². The molecular formula is C12H14N2. The molecule has 1 heterocycles. The lowest BCUT2D eigenvalue weighted by atomic mass is 10.0. The summed E-state index contributed by atoms with van der Waals surface area (Å²) < 4.78 is 0. The van der Waals surface area contributed by atoms with Crippen LogP contribution in [0.5, 0.6) is 0 Å². The zero-order valence-electron chi connectivity index (χ0n) is 8.11. The Bertz CT molecular complexity index is 326. The molecule has 2 nitrogen and oxygen atoms in total. The lowest BCUT2D eigenvalue weighted by Gasteiger charge is -2.09. The molecule has 0 aromatic heterocycles. The minimum Gasteiger partial charge on any atom is -0.312 e. The molecule has 1 aliphatic rings. The zero-order chi connectivity index (χ0) is 9.80. The molecule has 1 saturated heterocycles. The fourth-order valence-electron chi connectivity index (χ4n) is 1.97. The first-order valence-corrected chi connectivity index (χ1v) is 5.05. The molecule has 14 heavy (non-hydrogen) atoms. The summed E-state index contributed by atoms with van der Waals surface area (Å²) in [5.74, 6) is 0.212. The maximum Gasteiger partial charge on any atom is 0.0669 e. The van der Waals surface area contributed by atoms with E-state index >= 15 is 0 Å². The Labute approximate surface area is 84.6 Å². The van der Waals surface area contributed by atoms with Crippen molar-refractivity contribution in [1.82, 2.24) is 5.32 Å². The first-order valence-electron chi connectivity index (χ1n) is 5.05. The number of hydrogen-bond acceptors (Lipinski definition) is 2. The average molecular weight is 186 g/mol. The van der Waals surface area contributed by atoms with E-state index in [4.69, 9.17) is 5.26 Å². The Morgan fingerprint density at radius 3 is 2.79 bits per heavy atom. The zero-order valence-corrected chi connectivity index (χ0v) is 8.11. The van der Waals surface area contributed by atoms with Crippen LogP contribution < -0.4 is 5.32 Å². The Kier molecular flexibility index (Phi) is 2.81. The second kappa shape index (κ2) is 4.26. The van der Waals surface area contributed by atoms with Gasteiger partial charge in [-0.25, -0.2) is 0 Å². The molecule has 1 N–H and O–H groups in total. The van der Waals surface area contributed by atoms with E-state index in [2.05, 4.69) is 35.7 Å². The molecule has 0 amide bonds. The minimum absolute atomic E-state index is 0.212. The molecule has 0 aliphatic carbocycles. The van der Waals surface area contributed by atoms with E-state index in [1.54, 1.807) is 0 Å². The van der Waals surface area contributed by atoms with Gasteiger partial charge < -0.3 is 5.32 Å². The van der Waals surface area contributed by atoms with E-state index < -0.39 is 0 Å². The molecule has 2 heteroatoms. The van der Waals surface area contributed by atoms with E-state index in [0.717, 1.165) is 19.4 Å². The van der Waals surface area contributed by atoms with Gasteiger partial charge in [0.25, 0.3) is 0 Å². The van der Waals surface area contributed by atoms with Crippen molar-refractivity contribution in [2.24, 2.45) is 5.92 Å². The van der Waals surface area contributed by atoms with Gasteiger partial charge in [0.2, 0.25) is 0 Å². The highest BCUT2D eigenvalue weighted by Gasteiger charge is 2.23. The van der Waals surface area contributed by atoms with Gasteiger partial charge in [0.1, 0.15) is 0 Å². The second-order valence-electron chi connectivity index (χ2n) is 3.86. The van der Waals surface area contributed by atoms with Crippen molar-refractivity contribution in [3.63, 3.8) is 0 Å². The van der Waals surface area contributed by atoms with Gasteiger partial charge in [-0.15, -0.1) is 0 Å². The third-order valence-electron chi connectivity index (χ3n) is 2.73. The van der Waals surface area contributed by atoms with Crippen LogP contribution in [0.2, 0.25) is 0 Å². The molecule has 1 fully saturated rings. The molecule has 2 rings (SSSR count). The number of nitrogens with zero attached hydrogens (tertiary/aromatic N) is 1. The quantitative estimate of drug-likeness (QED) is 0.763. The lowest BCUT2D eigenvalue weighted by Crippen LogP contribution is -2.23. The first-order chi connectivity index (χ1) is 6.88. The van der Waals surface area contributed by atoms with Crippen LogP contribution in [-0.4, -0.2) is 12.6 Å². The minimum atomic E-state index is 0.212. The number of rotatable bonds is 2. The van der Waals surface area contributed by atoms with Crippen LogP contribution in [-0.2, 0) is 6.42 Å². The van der Waals surface area contributed by atoms with Crippen molar-refractivity contribution in [1.29, 1.82) is 5.26 Å². The summed E-state index contributed by atoms with van der Waals surface area (Å²) in [6, 6.07) is 13.2. The molecular weight excluding hydrogens is 172 g/mol. The molecule has 2 unspecified atom stereocenters. The van der Waals surface area contributed by atoms with Gasteiger partial charge >= 0.3 is 0 Å². The molecule has 0 spiro atoms. The SMILES string of the molecule is N#CC1CNC(Cc2ccccc2)C1. The predicted octanol–water partition coefficient (Wildman–Crippen LogP) is 1.73. The van der Waals surface area contributed by atoms with Gasteiger partial charge in [-0.2, -0.15) is 5.26 Å². The van der Waals surface area contributed by atoms with Crippen LogP contribution in [0.25, 0.3) is 0 Å². The molecule has 1 aromatic rings. The molecule has 2 atom stereocenters. The van der Waals surface area contributed by atoms with Crippen LogP contribution in [0.3, 0.4) is 0 Å². The average Bonchev–Trinajstić information content (AvgIpc) is 2.67. The summed E-state index contributed by atoms with van der Waals surface area (Å²) in [5.41, 5.74) is 1.35. The van der Waals surface area contributed by atoms with Crippen molar-refractivity contribution in [3.05, 3.63) is 35.9 Å². The maximum absolute atomic E-state index is 8.76. The normalized spacial score (nSPS) is 25.9. The lowest BCUT2D eigenvalue weighted by molar-refractivity contribution is 0.596. The van der Waals surface area contributed by atoms with Crippen LogP contribution in [0.4, 0.5) is 0 Å². The molecule has 0 bridgehead atoms. The number of benzene rings is 1. The Hall–Kier alpha value is -1.33. The van der Waals surface area contributed by atoms with E-state index in [1.165, 1.54) is 5.56 Å². The van der Waals surface area contributed by atoms with E-state index in [1.807, 2.05) is 6.07 Å². The summed E-state index contributed by atoms with van der Waals surface area (Å²) in [5, 5.41) is 12.1. The molecule has 0 radical (unpaired) electrons. The fourth-order valence-corrected chi connectivity index (χ4v) is 1.97. The highest BCUT2D eigenvalue weighted by atomic mass is 14.9. The van der Waals surface area contributed by atoms with Gasteiger partial charge in [-0.05, 0) is 18.4 Å². The maximum atomic E-state index is 8.76. The molecule has 72 valence electrons. The van der Waals surface area contributed by atoms with Crippen LogP contribution in [0, 0.1) is 17.2 Å². The van der Waals surface area contributed by atoms with Crippen molar-refractivity contribution in [2.75, 3.05) is 6.54 Å². The Morgan fingerprint density at radius 1 is 1.36 bits per heavy atom. The summed E-state index contributed by atoms with van der Waals surface area (Å²) in [4.78, 5) is 0. The third kappa shape index (κ3) is 2.12. The Balaban J connectivity index is 1.91. The fraction of sp³-hybridized carbons (Fsp3) is 0.417. The van der Waals surface area contributed by atoms with Gasteiger partial charge in [-0.1, -0.05) is 30.3 Å². The van der Waals surface area contributed by atoms with Crippen molar-refractivity contribution < 1.29 is 0 Å². The molecule has 1 aliphatic heterocycles. The number of nitrogens with one attached hydrogen (secondary N) is 1. The van der Waals surface area contributed by atoms with Crippen molar-refractivity contribution >= 4 is 0 Å². The number of hydrogen-bond donors (Lipinski definition) is 1. The predicted molar refractivity (Wildman–Crippen MR) is 55.7 cm³/mol. The second-order valence-corrected chi connectivity index (χ2v) is 3.86. The highest BCUT2D eigenvalue weighted by molar-refractivity contribution is 5.16. The summed E-state index contributed by atoms with van der Waals surface area (Å²) >= 11 is 0. The van der Waals surface area contributed by atoms with Gasteiger partial charge in [-0.3, -0.25) is 0 Å².